The Morgan fingerprint density at radius 1 is 1.20 bits per heavy atom. The first-order valence-electron chi connectivity index (χ1n) is 9.37. The van der Waals surface area contributed by atoms with Crippen molar-refractivity contribution in [1.82, 2.24) is 4.31 Å². The number of aryl methyl sites for hydroxylation is 1. The number of amides is 1. The smallest absolute Gasteiger partial charge is 0.246 e. The molecule has 2 aromatic carbocycles. The summed E-state index contributed by atoms with van der Waals surface area (Å²) in [7, 11) is -2.38. The fraction of sp³-hybridized carbons (Fsp3) is 0.350. The molecule has 0 spiro atoms. The number of hydrogen-bond donors (Lipinski definition) is 2. The molecule has 30 heavy (non-hydrogen) atoms. The number of hydrogen-bond acceptors (Lipinski definition) is 6. The third kappa shape index (κ3) is 5.23. The van der Waals surface area contributed by atoms with Crippen molar-refractivity contribution in [3.05, 3.63) is 47.0 Å². The fourth-order valence-corrected chi connectivity index (χ4v) is 4.81. The van der Waals surface area contributed by atoms with Gasteiger partial charge >= 0.3 is 0 Å². The van der Waals surface area contributed by atoms with Gasteiger partial charge < -0.3 is 20.1 Å². The predicted octanol–water partition coefficient (Wildman–Crippen LogP) is 2.73. The van der Waals surface area contributed by atoms with Gasteiger partial charge in [0.15, 0.2) is 0 Å². The van der Waals surface area contributed by atoms with E-state index in [0.29, 0.717) is 23.9 Å². The summed E-state index contributed by atoms with van der Waals surface area (Å²) in [5.41, 5.74) is 2.07. The second-order valence-corrected chi connectivity index (χ2v) is 9.09. The maximum atomic E-state index is 13.0. The minimum Gasteiger partial charge on any atom is -0.495 e. The van der Waals surface area contributed by atoms with Crippen LogP contribution in [0.1, 0.15) is 5.56 Å². The first-order chi connectivity index (χ1) is 14.3. The highest BCUT2D eigenvalue weighted by molar-refractivity contribution is 7.89. The van der Waals surface area contributed by atoms with Crippen LogP contribution in [-0.4, -0.2) is 58.6 Å². The lowest BCUT2D eigenvalue weighted by atomic mass is 10.2. The van der Waals surface area contributed by atoms with E-state index in [-0.39, 0.29) is 36.2 Å². The Kier molecular flexibility index (Phi) is 7.19. The summed E-state index contributed by atoms with van der Waals surface area (Å²) in [6, 6.07) is 9.90. The van der Waals surface area contributed by atoms with Crippen LogP contribution in [0.15, 0.2) is 41.3 Å². The van der Waals surface area contributed by atoms with Crippen LogP contribution in [0.2, 0.25) is 5.02 Å². The van der Waals surface area contributed by atoms with Crippen LogP contribution in [0, 0.1) is 6.92 Å². The number of ether oxygens (including phenoxy) is 2. The van der Waals surface area contributed by atoms with E-state index >= 15 is 0 Å². The van der Waals surface area contributed by atoms with E-state index in [0.717, 1.165) is 11.3 Å². The zero-order valence-electron chi connectivity index (χ0n) is 16.8. The highest BCUT2D eigenvalue weighted by atomic mass is 35.5. The van der Waals surface area contributed by atoms with E-state index in [1.807, 2.05) is 13.0 Å². The first-order valence-corrected chi connectivity index (χ1v) is 11.2. The number of benzene rings is 2. The number of anilines is 2. The van der Waals surface area contributed by atoms with Crippen LogP contribution in [0.3, 0.4) is 0 Å². The van der Waals surface area contributed by atoms with Crippen molar-refractivity contribution in [1.29, 1.82) is 0 Å². The molecular formula is C20H24ClN3O5S. The maximum Gasteiger partial charge on any atom is 0.246 e. The Bertz CT molecular complexity index is 1020. The van der Waals surface area contributed by atoms with Crippen molar-refractivity contribution in [2.24, 2.45) is 0 Å². The van der Waals surface area contributed by atoms with Crippen molar-refractivity contribution in [2.75, 3.05) is 50.6 Å². The van der Waals surface area contributed by atoms with E-state index in [9.17, 15) is 13.2 Å². The quantitative estimate of drug-likeness (QED) is 0.669. The number of sulfonamides is 1. The van der Waals surface area contributed by atoms with Crippen LogP contribution in [0.25, 0.3) is 0 Å². The Labute approximate surface area is 181 Å². The molecule has 1 heterocycles. The second kappa shape index (κ2) is 9.65. The number of carbonyl (C=O) groups excluding carboxylic acids is 1. The molecule has 0 bridgehead atoms. The average Bonchev–Trinajstić information content (AvgIpc) is 2.75. The summed E-state index contributed by atoms with van der Waals surface area (Å²) in [4.78, 5) is 12.4. The van der Waals surface area contributed by atoms with E-state index in [2.05, 4.69) is 10.6 Å². The SMILES string of the molecule is COc1ccc(NC(=O)CNc2cc(Cl)ccc2C)cc1S(=O)(=O)N1CCOCC1. The molecule has 162 valence electrons. The predicted molar refractivity (Wildman–Crippen MR) is 116 cm³/mol. The summed E-state index contributed by atoms with van der Waals surface area (Å²) < 4.78 is 37.9. The zero-order valence-corrected chi connectivity index (χ0v) is 18.3. The van der Waals surface area contributed by atoms with Crippen molar-refractivity contribution >= 4 is 38.9 Å². The molecule has 2 N–H and O–H groups in total. The van der Waals surface area contributed by atoms with Gasteiger partial charge in [0, 0.05) is 29.5 Å². The molecule has 3 rings (SSSR count). The second-order valence-electron chi connectivity index (χ2n) is 6.74. The first kappa shape index (κ1) is 22.4. The van der Waals surface area contributed by atoms with Crippen LogP contribution in [-0.2, 0) is 19.6 Å². The molecule has 0 aliphatic carbocycles. The normalized spacial score (nSPS) is 14.9. The highest BCUT2D eigenvalue weighted by Gasteiger charge is 2.29. The largest absolute Gasteiger partial charge is 0.495 e. The maximum absolute atomic E-state index is 13.0. The summed E-state index contributed by atoms with van der Waals surface area (Å²) in [5.74, 6) is -0.110. The molecule has 1 fully saturated rings. The van der Waals surface area contributed by atoms with E-state index in [4.69, 9.17) is 21.1 Å². The number of rotatable bonds is 7. The Balaban J connectivity index is 1.74. The monoisotopic (exact) mass is 453 g/mol. The number of nitrogens with zero attached hydrogens (tertiary/aromatic N) is 1. The summed E-state index contributed by atoms with van der Waals surface area (Å²) in [5, 5.41) is 6.31. The minimum atomic E-state index is -3.78. The van der Waals surface area contributed by atoms with Crippen LogP contribution < -0.4 is 15.4 Å². The molecule has 1 aliphatic rings. The zero-order chi connectivity index (χ0) is 21.7. The van der Waals surface area contributed by atoms with Gasteiger partial charge in [0.1, 0.15) is 10.6 Å². The van der Waals surface area contributed by atoms with Crippen molar-refractivity contribution in [3.8, 4) is 5.75 Å². The third-order valence-electron chi connectivity index (χ3n) is 4.67. The van der Waals surface area contributed by atoms with E-state index in [1.54, 1.807) is 18.2 Å². The molecular weight excluding hydrogens is 430 g/mol. The average molecular weight is 454 g/mol. The standard InChI is InChI=1S/C20H24ClN3O5S/c1-14-3-4-15(21)11-17(14)22-13-20(25)23-16-5-6-18(28-2)19(12-16)30(26,27)24-7-9-29-10-8-24/h3-6,11-12,22H,7-10,13H2,1-2H3,(H,23,25). The lowest BCUT2D eigenvalue weighted by Gasteiger charge is -2.26. The Hall–Kier alpha value is -2.33. The molecule has 0 unspecified atom stereocenters. The molecule has 10 heteroatoms. The molecule has 1 aliphatic heterocycles. The van der Waals surface area contributed by atoms with E-state index in [1.165, 1.54) is 23.5 Å². The number of methoxy groups -OCH3 is 1. The van der Waals surface area contributed by atoms with Gasteiger partial charge in [-0.15, -0.1) is 0 Å². The molecule has 0 radical (unpaired) electrons. The van der Waals surface area contributed by atoms with Crippen LogP contribution in [0.4, 0.5) is 11.4 Å². The van der Waals surface area contributed by atoms with Crippen molar-refractivity contribution < 1.29 is 22.7 Å². The highest BCUT2D eigenvalue weighted by Crippen LogP contribution is 2.30. The van der Waals surface area contributed by atoms with Gasteiger partial charge in [0.25, 0.3) is 0 Å². The van der Waals surface area contributed by atoms with Gasteiger partial charge in [0.05, 0.1) is 26.9 Å². The molecule has 0 atom stereocenters. The number of halogens is 1. The lowest BCUT2D eigenvalue weighted by molar-refractivity contribution is -0.114. The molecule has 0 aromatic heterocycles. The van der Waals surface area contributed by atoms with Crippen LogP contribution in [0.5, 0.6) is 5.75 Å². The van der Waals surface area contributed by atoms with E-state index < -0.39 is 10.0 Å². The molecule has 1 amide bonds. The molecule has 8 nitrogen and oxygen atoms in total. The van der Waals surface area contributed by atoms with Gasteiger partial charge in [-0.25, -0.2) is 8.42 Å². The van der Waals surface area contributed by atoms with Crippen molar-refractivity contribution in [3.63, 3.8) is 0 Å². The summed E-state index contributed by atoms with van der Waals surface area (Å²) >= 11 is 5.99. The van der Waals surface area contributed by atoms with Gasteiger partial charge in [-0.3, -0.25) is 4.79 Å². The van der Waals surface area contributed by atoms with Gasteiger partial charge in [-0.1, -0.05) is 17.7 Å². The fourth-order valence-electron chi connectivity index (χ4n) is 3.05. The third-order valence-corrected chi connectivity index (χ3v) is 6.83. The summed E-state index contributed by atoms with van der Waals surface area (Å²) in [6.45, 7) is 3.12. The number of carbonyl (C=O) groups is 1. The topological polar surface area (TPSA) is 97.0 Å². The number of morpholine rings is 1. The number of nitrogens with one attached hydrogen (secondary N) is 2. The Morgan fingerprint density at radius 2 is 1.93 bits per heavy atom. The van der Waals surface area contributed by atoms with Gasteiger partial charge in [0.2, 0.25) is 15.9 Å². The minimum absolute atomic E-state index is 0.00123. The Morgan fingerprint density at radius 3 is 2.63 bits per heavy atom. The molecule has 1 saturated heterocycles. The molecule has 0 saturated carbocycles. The lowest BCUT2D eigenvalue weighted by Crippen LogP contribution is -2.40. The van der Waals surface area contributed by atoms with Gasteiger partial charge in [-0.05, 0) is 42.8 Å². The molecule has 2 aromatic rings. The van der Waals surface area contributed by atoms with Crippen molar-refractivity contribution in [2.45, 2.75) is 11.8 Å². The van der Waals surface area contributed by atoms with Crippen LogP contribution >= 0.6 is 11.6 Å². The van der Waals surface area contributed by atoms with Gasteiger partial charge in [-0.2, -0.15) is 4.31 Å². The summed E-state index contributed by atoms with van der Waals surface area (Å²) in [6.07, 6.45) is 0.